The number of carbonyl (C=O) groups is 1. The van der Waals surface area contributed by atoms with Crippen molar-refractivity contribution < 1.29 is 23.7 Å². The maximum Gasteiger partial charge on any atom is 0.184 e. The van der Waals surface area contributed by atoms with Gasteiger partial charge in [0.15, 0.2) is 12.6 Å². The Labute approximate surface area is 199 Å². The smallest absolute Gasteiger partial charge is 0.184 e. The van der Waals surface area contributed by atoms with Crippen LogP contribution in [0, 0.1) is 5.92 Å². The van der Waals surface area contributed by atoms with E-state index in [-0.39, 0.29) is 30.1 Å². The summed E-state index contributed by atoms with van der Waals surface area (Å²) in [5, 5.41) is 4.93. The van der Waals surface area contributed by atoms with Crippen LogP contribution >= 0.6 is 0 Å². The van der Waals surface area contributed by atoms with E-state index in [1.807, 2.05) is 36.4 Å². The first-order valence-electron chi connectivity index (χ1n) is 11.9. The molecule has 2 aliphatic heterocycles. The number of hydrogen-bond acceptors (Lipinski definition) is 6. The SMILES string of the molecule is CO[C@H]1O[C@@H]2COC(c3ccccc3)O[C@H]2[C@@H](NC(C)Cc2c[nH]c3ccccc23)[C@@H]1C(C)=O. The Balaban J connectivity index is 1.39. The number of methoxy groups -OCH3 is 1. The fraction of sp³-hybridized carbons (Fsp3) is 0.444. The van der Waals surface area contributed by atoms with Crippen molar-refractivity contribution >= 4 is 16.7 Å². The molecule has 0 amide bonds. The Morgan fingerprint density at radius 2 is 1.91 bits per heavy atom. The average molecular weight is 465 g/mol. The first-order chi connectivity index (χ1) is 16.5. The van der Waals surface area contributed by atoms with Gasteiger partial charge in [0.2, 0.25) is 0 Å². The van der Waals surface area contributed by atoms with Crippen LogP contribution < -0.4 is 5.32 Å². The third kappa shape index (κ3) is 4.54. The van der Waals surface area contributed by atoms with Gasteiger partial charge in [-0.15, -0.1) is 0 Å². The van der Waals surface area contributed by atoms with Crippen LogP contribution in [0.3, 0.4) is 0 Å². The van der Waals surface area contributed by atoms with Crippen LogP contribution in [-0.4, -0.2) is 55.1 Å². The highest BCUT2D eigenvalue weighted by molar-refractivity contribution is 5.83. The minimum atomic E-state index is -0.656. The molecule has 7 atom stereocenters. The van der Waals surface area contributed by atoms with Gasteiger partial charge in [-0.25, -0.2) is 0 Å². The zero-order chi connectivity index (χ0) is 23.7. The summed E-state index contributed by atoms with van der Waals surface area (Å²) in [5.41, 5.74) is 3.30. The standard InChI is InChI=1S/C27H32N2O5/c1-16(13-19-14-28-21-12-8-7-11-20(19)21)29-24-23(17(2)30)27(31-3)33-22-15-32-26(34-25(22)24)18-9-5-4-6-10-18/h4-12,14,16,22-29H,13,15H2,1-3H3/t16?,22-,23+,24+,25-,26?,27+/m1/s1. The van der Waals surface area contributed by atoms with Crippen molar-refractivity contribution in [1.29, 1.82) is 0 Å². The van der Waals surface area contributed by atoms with Crippen molar-refractivity contribution in [3.63, 3.8) is 0 Å². The number of aromatic amines is 1. The maximum absolute atomic E-state index is 12.8. The van der Waals surface area contributed by atoms with E-state index < -0.39 is 18.5 Å². The third-order valence-electron chi connectivity index (χ3n) is 6.85. The van der Waals surface area contributed by atoms with Gasteiger partial charge >= 0.3 is 0 Å². The number of ketones is 1. The van der Waals surface area contributed by atoms with E-state index in [4.69, 9.17) is 18.9 Å². The molecule has 0 spiro atoms. The van der Waals surface area contributed by atoms with E-state index in [2.05, 4.69) is 41.6 Å². The number of aromatic nitrogens is 1. The molecule has 180 valence electrons. The van der Waals surface area contributed by atoms with Gasteiger partial charge < -0.3 is 29.2 Å². The lowest BCUT2D eigenvalue weighted by molar-refractivity contribution is -0.330. The van der Waals surface area contributed by atoms with Crippen molar-refractivity contribution in [3.8, 4) is 0 Å². The molecule has 3 heterocycles. The Kier molecular flexibility index (Phi) is 6.81. The van der Waals surface area contributed by atoms with Gasteiger partial charge in [-0.1, -0.05) is 48.5 Å². The predicted molar refractivity (Wildman–Crippen MR) is 128 cm³/mol. The molecule has 2 saturated heterocycles. The van der Waals surface area contributed by atoms with Gasteiger partial charge in [-0.05, 0) is 31.9 Å². The number of carbonyl (C=O) groups excluding carboxylic acids is 1. The molecule has 2 N–H and O–H groups in total. The lowest BCUT2D eigenvalue weighted by Gasteiger charge is -2.49. The molecule has 0 bridgehead atoms. The molecule has 7 heteroatoms. The van der Waals surface area contributed by atoms with Gasteiger partial charge in [0, 0.05) is 35.8 Å². The van der Waals surface area contributed by atoms with Crippen LogP contribution in [0.25, 0.3) is 10.9 Å². The molecule has 2 unspecified atom stereocenters. The van der Waals surface area contributed by atoms with Gasteiger partial charge in [0.05, 0.1) is 18.6 Å². The van der Waals surface area contributed by atoms with Crippen molar-refractivity contribution in [2.45, 2.75) is 57.1 Å². The van der Waals surface area contributed by atoms with E-state index in [1.165, 1.54) is 10.9 Å². The summed E-state index contributed by atoms with van der Waals surface area (Å²) in [6.07, 6.45) is 1.01. The fourth-order valence-corrected chi connectivity index (χ4v) is 5.26. The zero-order valence-corrected chi connectivity index (χ0v) is 19.8. The Bertz CT molecular complexity index is 1120. The number of Topliss-reactive ketones (excluding diaryl/α,β-unsaturated/α-hetero) is 1. The average Bonchev–Trinajstić information content (AvgIpc) is 3.26. The van der Waals surface area contributed by atoms with Crippen molar-refractivity contribution in [3.05, 3.63) is 71.9 Å². The number of hydrogen-bond donors (Lipinski definition) is 2. The number of benzene rings is 2. The second-order valence-electron chi connectivity index (χ2n) is 9.25. The van der Waals surface area contributed by atoms with Crippen LogP contribution in [0.2, 0.25) is 0 Å². The summed E-state index contributed by atoms with van der Waals surface area (Å²) in [4.78, 5) is 16.1. The van der Waals surface area contributed by atoms with Crippen LogP contribution in [0.4, 0.5) is 0 Å². The predicted octanol–water partition coefficient (Wildman–Crippen LogP) is 3.75. The van der Waals surface area contributed by atoms with Crippen molar-refractivity contribution in [1.82, 2.24) is 10.3 Å². The van der Waals surface area contributed by atoms with E-state index in [0.29, 0.717) is 6.61 Å². The highest BCUT2D eigenvalue weighted by Crippen LogP contribution is 2.37. The normalized spacial score (nSPS) is 30.1. The number of nitrogens with one attached hydrogen (secondary N) is 2. The highest BCUT2D eigenvalue weighted by atomic mass is 16.7. The molecule has 2 fully saturated rings. The number of H-pyrrole nitrogens is 1. The topological polar surface area (TPSA) is 81.8 Å². The summed E-state index contributed by atoms with van der Waals surface area (Å²) in [6.45, 7) is 4.09. The number of rotatable bonds is 7. The Morgan fingerprint density at radius 3 is 2.68 bits per heavy atom. The Morgan fingerprint density at radius 1 is 1.15 bits per heavy atom. The summed E-state index contributed by atoms with van der Waals surface area (Å²) < 4.78 is 24.2. The van der Waals surface area contributed by atoms with E-state index in [1.54, 1.807) is 14.0 Å². The van der Waals surface area contributed by atoms with E-state index in [9.17, 15) is 4.79 Å². The van der Waals surface area contributed by atoms with Crippen molar-refractivity contribution in [2.24, 2.45) is 5.92 Å². The number of ether oxygens (including phenoxy) is 4. The first-order valence-corrected chi connectivity index (χ1v) is 11.9. The van der Waals surface area contributed by atoms with Gasteiger partial charge in [0.25, 0.3) is 0 Å². The summed E-state index contributed by atoms with van der Waals surface area (Å²) in [6, 6.07) is 17.9. The molecule has 0 saturated carbocycles. The minimum absolute atomic E-state index is 0.00782. The molecule has 2 aromatic carbocycles. The lowest BCUT2D eigenvalue weighted by Crippen LogP contribution is -2.66. The molecular weight excluding hydrogens is 432 g/mol. The van der Waals surface area contributed by atoms with Gasteiger partial charge in [-0.2, -0.15) is 0 Å². The van der Waals surface area contributed by atoms with Crippen LogP contribution in [0.15, 0.2) is 60.8 Å². The number of fused-ring (bicyclic) bond motifs is 2. The minimum Gasteiger partial charge on any atom is -0.361 e. The molecule has 5 rings (SSSR count). The molecule has 2 aliphatic rings. The molecule has 0 aliphatic carbocycles. The highest BCUT2D eigenvalue weighted by Gasteiger charge is 2.51. The van der Waals surface area contributed by atoms with Crippen LogP contribution in [0.1, 0.15) is 31.3 Å². The zero-order valence-electron chi connectivity index (χ0n) is 19.8. The van der Waals surface area contributed by atoms with Gasteiger partial charge in [0.1, 0.15) is 18.0 Å². The second-order valence-corrected chi connectivity index (χ2v) is 9.25. The molecule has 3 aromatic rings. The molecule has 7 nitrogen and oxygen atoms in total. The summed E-state index contributed by atoms with van der Waals surface area (Å²) in [7, 11) is 1.57. The maximum atomic E-state index is 12.8. The molecular formula is C27H32N2O5. The number of para-hydroxylation sites is 1. The van der Waals surface area contributed by atoms with Gasteiger partial charge in [-0.3, -0.25) is 4.79 Å². The largest absolute Gasteiger partial charge is 0.361 e. The van der Waals surface area contributed by atoms with E-state index >= 15 is 0 Å². The first kappa shape index (κ1) is 23.2. The van der Waals surface area contributed by atoms with Crippen molar-refractivity contribution in [2.75, 3.05) is 13.7 Å². The molecule has 1 aromatic heterocycles. The quantitative estimate of drug-likeness (QED) is 0.554. The Hall–Kier alpha value is -2.55. The van der Waals surface area contributed by atoms with Crippen LogP contribution in [0.5, 0.6) is 0 Å². The monoisotopic (exact) mass is 464 g/mol. The third-order valence-corrected chi connectivity index (χ3v) is 6.85. The summed E-state index contributed by atoms with van der Waals surface area (Å²) >= 11 is 0. The fourth-order valence-electron chi connectivity index (χ4n) is 5.26. The van der Waals surface area contributed by atoms with Crippen LogP contribution in [-0.2, 0) is 30.2 Å². The lowest BCUT2D eigenvalue weighted by atomic mass is 9.84. The molecule has 0 radical (unpaired) electrons. The van der Waals surface area contributed by atoms with E-state index in [0.717, 1.165) is 17.5 Å². The molecule has 34 heavy (non-hydrogen) atoms. The summed E-state index contributed by atoms with van der Waals surface area (Å²) in [5.74, 6) is -0.486. The second kappa shape index (κ2) is 9.98.